The summed E-state index contributed by atoms with van der Waals surface area (Å²) in [6.45, 7) is 4.30. The van der Waals surface area contributed by atoms with Crippen molar-refractivity contribution in [2.24, 2.45) is 0 Å². The molecule has 14 heavy (non-hydrogen) atoms. The van der Waals surface area contributed by atoms with Gasteiger partial charge in [-0.1, -0.05) is 44.2 Å². The van der Waals surface area contributed by atoms with Crippen molar-refractivity contribution in [1.82, 2.24) is 0 Å². The first-order chi connectivity index (χ1) is 6.86. The molecule has 0 nitrogen and oxygen atoms in total. The maximum absolute atomic E-state index is 3.13. The van der Waals surface area contributed by atoms with E-state index in [0.717, 1.165) is 12.0 Å². The summed E-state index contributed by atoms with van der Waals surface area (Å²) in [5, 5.41) is 0. The molecule has 0 radical (unpaired) electrons. The van der Waals surface area contributed by atoms with E-state index in [1.807, 2.05) is 0 Å². The first kappa shape index (κ1) is 10.9. The second-order valence-corrected chi connectivity index (χ2v) is 3.46. The minimum atomic E-state index is 0.928. The van der Waals surface area contributed by atoms with Crippen LogP contribution in [0, 0.1) is 11.8 Å². The van der Waals surface area contributed by atoms with Gasteiger partial charge in [-0.15, -0.1) is 0 Å². The number of benzene rings is 1. The number of rotatable bonds is 3. The molecule has 0 aromatic heterocycles. The molecule has 74 valence electrons. The lowest BCUT2D eigenvalue weighted by Gasteiger charge is -1.98. The van der Waals surface area contributed by atoms with Gasteiger partial charge < -0.3 is 0 Å². The third-order valence-corrected chi connectivity index (χ3v) is 2.18. The van der Waals surface area contributed by atoms with Gasteiger partial charge in [-0.05, 0) is 30.5 Å². The Kier molecular flexibility index (Phi) is 4.86. The monoisotopic (exact) mass is 186 g/mol. The van der Waals surface area contributed by atoms with Gasteiger partial charge in [-0.25, -0.2) is 0 Å². The summed E-state index contributed by atoms with van der Waals surface area (Å²) in [7, 11) is 0. The SMILES string of the molecule is CCC#Cc1ccc(CCCC)cc1. The first-order valence-corrected chi connectivity index (χ1v) is 5.44. The van der Waals surface area contributed by atoms with Crippen molar-refractivity contribution in [3.05, 3.63) is 35.4 Å². The molecule has 0 saturated carbocycles. The molecular formula is C14H18. The van der Waals surface area contributed by atoms with Crippen LogP contribution >= 0.6 is 0 Å². The highest BCUT2D eigenvalue weighted by atomic mass is 14.0. The molecule has 0 fully saturated rings. The van der Waals surface area contributed by atoms with Crippen molar-refractivity contribution in [3.8, 4) is 11.8 Å². The Morgan fingerprint density at radius 2 is 1.79 bits per heavy atom. The summed E-state index contributed by atoms with van der Waals surface area (Å²) in [5.74, 6) is 6.20. The van der Waals surface area contributed by atoms with Crippen LogP contribution in [0.4, 0.5) is 0 Å². The molecule has 0 atom stereocenters. The molecule has 0 N–H and O–H groups in total. The minimum Gasteiger partial charge on any atom is -0.0982 e. The van der Waals surface area contributed by atoms with Gasteiger partial charge >= 0.3 is 0 Å². The third-order valence-electron chi connectivity index (χ3n) is 2.18. The van der Waals surface area contributed by atoms with Gasteiger partial charge in [-0.3, -0.25) is 0 Å². The molecule has 0 spiro atoms. The van der Waals surface area contributed by atoms with E-state index in [0.29, 0.717) is 0 Å². The van der Waals surface area contributed by atoms with Gasteiger partial charge in [0.2, 0.25) is 0 Å². The van der Waals surface area contributed by atoms with Crippen LogP contribution in [0.5, 0.6) is 0 Å². The van der Waals surface area contributed by atoms with Crippen LogP contribution in [0.2, 0.25) is 0 Å². The summed E-state index contributed by atoms with van der Waals surface area (Å²) >= 11 is 0. The van der Waals surface area contributed by atoms with E-state index >= 15 is 0 Å². The lowest BCUT2D eigenvalue weighted by atomic mass is 10.1. The summed E-state index contributed by atoms with van der Waals surface area (Å²) < 4.78 is 0. The van der Waals surface area contributed by atoms with Crippen LogP contribution in [0.1, 0.15) is 44.2 Å². The van der Waals surface area contributed by atoms with Crippen LogP contribution in [0.25, 0.3) is 0 Å². The minimum absolute atomic E-state index is 0.928. The van der Waals surface area contributed by atoms with Crippen LogP contribution in [0.15, 0.2) is 24.3 Å². The van der Waals surface area contributed by atoms with E-state index < -0.39 is 0 Å². The highest BCUT2D eigenvalue weighted by Gasteiger charge is 1.91. The zero-order valence-corrected chi connectivity index (χ0v) is 9.14. The lowest BCUT2D eigenvalue weighted by molar-refractivity contribution is 0.795. The molecule has 1 aromatic rings. The zero-order valence-electron chi connectivity index (χ0n) is 9.14. The fourth-order valence-corrected chi connectivity index (χ4v) is 1.33. The molecule has 1 aromatic carbocycles. The van der Waals surface area contributed by atoms with Gasteiger partial charge in [-0.2, -0.15) is 0 Å². The van der Waals surface area contributed by atoms with E-state index in [9.17, 15) is 0 Å². The number of aryl methyl sites for hydroxylation is 1. The highest BCUT2D eigenvalue weighted by molar-refractivity contribution is 5.36. The summed E-state index contributed by atoms with van der Waals surface area (Å²) in [4.78, 5) is 0. The van der Waals surface area contributed by atoms with Crippen molar-refractivity contribution in [2.75, 3.05) is 0 Å². The van der Waals surface area contributed by atoms with Crippen LogP contribution < -0.4 is 0 Å². The van der Waals surface area contributed by atoms with Gasteiger partial charge in [0.15, 0.2) is 0 Å². The van der Waals surface area contributed by atoms with E-state index in [4.69, 9.17) is 0 Å². The molecule has 0 saturated heterocycles. The first-order valence-electron chi connectivity index (χ1n) is 5.44. The smallest absolute Gasteiger partial charge is 0.0245 e. The largest absolute Gasteiger partial charge is 0.0982 e. The van der Waals surface area contributed by atoms with Crippen molar-refractivity contribution in [1.29, 1.82) is 0 Å². The van der Waals surface area contributed by atoms with Gasteiger partial charge in [0, 0.05) is 12.0 Å². The fourth-order valence-electron chi connectivity index (χ4n) is 1.33. The maximum atomic E-state index is 3.13. The van der Waals surface area contributed by atoms with E-state index in [1.54, 1.807) is 0 Å². The maximum Gasteiger partial charge on any atom is 0.0245 e. The van der Waals surface area contributed by atoms with Crippen LogP contribution in [-0.4, -0.2) is 0 Å². The van der Waals surface area contributed by atoms with E-state index in [2.05, 4.69) is 50.0 Å². The second kappa shape index (κ2) is 6.27. The quantitative estimate of drug-likeness (QED) is 0.630. The van der Waals surface area contributed by atoms with E-state index in [-0.39, 0.29) is 0 Å². The Bertz CT molecular complexity index is 308. The Labute approximate surface area is 87.4 Å². The normalized spacial score (nSPS) is 9.29. The molecule has 0 bridgehead atoms. The summed E-state index contributed by atoms with van der Waals surface area (Å²) in [6, 6.07) is 8.62. The van der Waals surface area contributed by atoms with Gasteiger partial charge in [0.05, 0.1) is 0 Å². The van der Waals surface area contributed by atoms with E-state index in [1.165, 1.54) is 24.8 Å². The predicted octanol–water partition coefficient (Wildman–Crippen LogP) is 3.79. The van der Waals surface area contributed by atoms with Crippen LogP contribution in [-0.2, 0) is 6.42 Å². The summed E-state index contributed by atoms with van der Waals surface area (Å²) in [5.41, 5.74) is 2.56. The Balaban J connectivity index is 2.59. The summed E-state index contributed by atoms with van der Waals surface area (Å²) in [6.07, 6.45) is 4.66. The molecule has 1 rings (SSSR count). The molecule has 0 heterocycles. The Hall–Kier alpha value is -1.22. The van der Waals surface area contributed by atoms with Gasteiger partial charge in [0.1, 0.15) is 0 Å². The topological polar surface area (TPSA) is 0 Å². The predicted molar refractivity (Wildman–Crippen MR) is 62.2 cm³/mol. The third kappa shape index (κ3) is 3.66. The standard InChI is InChI=1S/C14H18/c1-3-5-7-13-9-11-14(12-10-13)8-6-4-2/h9-12H,3-5,7H2,1-2H3. The van der Waals surface area contributed by atoms with Crippen molar-refractivity contribution in [2.45, 2.75) is 39.5 Å². The molecule has 0 amide bonds. The average molecular weight is 186 g/mol. The molecular weight excluding hydrogens is 168 g/mol. The van der Waals surface area contributed by atoms with Crippen LogP contribution in [0.3, 0.4) is 0 Å². The Morgan fingerprint density at radius 1 is 1.07 bits per heavy atom. The van der Waals surface area contributed by atoms with Crippen molar-refractivity contribution < 1.29 is 0 Å². The molecule has 0 unspecified atom stereocenters. The number of hydrogen-bond acceptors (Lipinski definition) is 0. The molecule has 0 aliphatic carbocycles. The van der Waals surface area contributed by atoms with Crippen molar-refractivity contribution >= 4 is 0 Å². The molecule has 0 aliphatic heterocycles. The lowest BCUT2D eigenvalue weighted by Crippen LogP contribution is -1.84. The number of hydrogen-bond donors (Lipinski definition) is 0. The van der Waals surface area contributed by atoms with Crippen molar-refractivity contribution in [3.63, 3.8) is 0 Å². The zero-order chi connectivity index (χ0) is 10.2. The fraction of sp³-hybridized carbons (Fsp3) is 0.429. The van der Waals surface area contributed by atoms with Gasteiger partial charge in [0.25, 0.3) is 0 Å². The Morgan fingerprint density at radius 3 is 2.36 bits per heavy atom. The number of unbranched alkanes of at least 4 members (excludes halogenated alkanes) is 1. The molecule has 0 heteroatoms. The second-order valence-electron chi connectivity index (χ2n) is 3.46. The highest BCUT2D eigenvalue weighted by Crippen LogP contribution is 2.06. The molecule has 0 aliphatic rings. The average Bonchev–Trinajstić information content (AvgIpc) is 2.25.